The van der Waals surface area contributed by atoms with Gasteiger partial charge >= 0.3 is 0 Å². The van der Waals surface area contributed by atoms with Gasteiger partial charge in [0.05, 0.1) is 22.9 Å². The minimum atomic E-state index is 0.806. The lowest BCUT2D eigenvalue weighted by Crippen LogP contribution is -2.03. The van der Waals surface area contributed by atoms with Gasteiger partial charge in [-0.15, -0.1) is 0 Å². The van der Waals surface area contributed by atoms with Crippen LogP contribution in [0.5, 0.6) is 0 Å². The van der Waals surface area contributed by atoms with Crippen molar-refractivity contribution in [2.75, 3.05) is 10.2 Å². The quantitative estimate of drug-likeness (QED) is 0.558. The first-order valence-electron chi connectivity index (χ1n) is 2.89. The topological polar surface area (TPSA) is 29.0 Å². The molecule has 10 heavy (non-hydrogen) atoms. The fraction of sp³-hybridized carbons (Fsp3) is 0.333. The first-order valence-corrected chi connectivity index (χ1v) is 3.86. The molecule has 0 aliphatic rings. The van der Waals surface area contributed by atoms with Gasteiger partial charge in [0.25, 0.3) is 0 Å². The molecule has 1 aromatic heterocycles. The first-order chi connectivity index (χ1) is 4.70. The van der Waals surface area contributed by atoms with Gasteiger partial charge in [-0.1, -0.05) is 0 Å². The van der Waals surface area contributed by atoms with Crippen LogP contribution in [0.15, 0.2) is 12.3 Å². The first kappa shape index (κ1) is 7.71. The third-order valence-corrected chi connectivity index (χ3v) is 1.57. The van der Waals surface area contributed by atoms with Crippen molar-refractivity contribution in [3.63, 3.8) is 0 Å². The highest BCUT2D eigenvalue weighted by atomic mass is 127. The summed E-state index contributed by atoms with van der Waals surface area (Å²) in [6, 6.07) is 1.87. The van der Waals surface area contributed by atoms with Crippen molar-refractivity contribution in [1.82, 2.24) is 9.97 Å². The second-order valence-electron chi connectivity index (χ2n) is 1.94. The van der Waals surface area contributed by atoms with E-state index in [1.54, 1.807) is 6.20 Å². The van der Waals surface area contributed by atoms with Crippen LogP contribution in [-0.4, -0.2) is 17.0 Å². The van der Waals surface area contributed by atoms with Crippen molar-refractivity contribution in [3.05, 3.63) is 18.1 Å². The van der Waals surface area contributed by atoms with Gasteiger partial charge in [-0.3, -0.25) is 0 Å². The molecule has 0 bridgehead atoms. The summed E-state index contributed by atoms with van der Waals surface area (Å²) >= 11 is 2.17. The van der Waals surface area contributed by atoms with Crippen molar-refractivity contribution >= 4 is 28.7 Å². The zero-order chi connectivity index (χ0) is 7.56. The lowest BCUT2D eigenvalue weighted by atomic mass is 10.5. The summed E-state index contributed by atoms with van der Waals surface area (Å²) in [4.78, 5) is 8.16. The Balaban J connectivity index is 2.96. The van der Waals surface area contributed by atoms with E-state index < -0.39 is 0 Å². The zero-order valence-electron chi connectivity index (χ0n) is 5.87. The molecule has 4 heteroatoms. The number of hydrogen-bond donors (Lipinski definition) is 0. The molecule has 0 saturated carbocycles. The molecule has 0 aliphatic carbocycles. The van der Waals surface area contributed by atoms with E-state index in [9.17, 15) is 0 Å². The minimum Gasteiger partial charge on any atom is -0.302 e. The van der Waals surface area contributed by atoms with Gasteiger partial charge in [0.15, 0.2) is 0 Å². The maximum atomic E-state index is 4.18. The van der Waals surface area contributed by atoms with E-state index in [-0.39, 0.29) is 0 Å². The number of halogens is 1. The lowest BCUT2D eigenvalue weighted by molar-refractivity contribution is 1.04. The van der Waals surface area contributed by atoms with Crippen LogP contribution in [0.2, 0.25) is 0 Å². The Kier molecular flexibility index (Phi) is 2.42. The van der Waals surface area contributed by atoms with Crippen LogP contribution in [0.4, 0.5) is 5.82 Å². The maximum Gasteiger partial charge on any atom is 0.140 e. The van der Waals surface area contributed by atoms with Crippen molar-refractivity contribution in [2.24, 2.45) is 0 Å². The molecule has 0 atom stereocenters. The molecule has 1 rings (SSSR count). The van der Waals surface area contributed by atoms with Gasteiger partial charge < -0.3 is 3.11 Å². The Morgan fingerprint density at radius 1 is 1.60 bits per heavy atom. The second-order valence-corrected chi connectivity index (χ2v) is 3.39. The van der Waals surface area contributed by atoms with Gasteiger partial charge in [-0.05, 0) is 13.0 Å². The summed E-state index contributed by atoms with van der Waals surface area (Å²) in [5.41, 5.74) is 0. The SMILES string of the molecule is Cc1nccc(N(C)I)n1. The number of hydrogen-bond acceptors (Lipinski definition) is 3. The average Bonchev–Trinajstić information content (AvgIpc) is 1.88. The van der Waals surface area contributed by atoms with E-state index in [2.05, 4.69) is 32.8 Å². The van der Waals surface area contributed by atoms with Crippen LogP contribution >= 0.6 is 22.9 Å². The third kappa shape index (κ3) is 1.80. The highest BCUT2D eigenvalue weighted by molar-refractivity contribution is 14.1. The minimum absolute atomic E-state index is 0.806. The maximum absolute atomic E-state index is 4.18. The fourth-order valence-corrected chi connectivity index (χ4v) is 0.884. The molecule has 0 aromatic carbocycles. The Morgan fingerprint density at radius 2 is 2.30 bits per heavy atom. The number of rotatable bonds is 1. The Labute approximate surface area is 74.0 Å². The van der Waals surface area contributed by atoms with Crippen LogP contribution in [0.25, 0.3) is 0 Å². The second kappa shape index (κ2) is 3.14. The van der Waals surface area contributed by atoms with E-state index in [1.165, 1.54) is 0 Å². The summed E-state index contributed by atoms with van der Waals surface area (Å²) in [6.07, 6.45) is 1.76. The zero-order valence-corrected chi connectivity index (χ0v) is 8.03. The van der Waals surface area contributed by atoms with Crippen LogP contribution in [-0.2, 0) is 0 Å². The van der Waals surface area contributed by atoms with Crippen molar-refractivity contribution < 1.29 is 0 Å². The number of aryl methyl sites for hydroxylation is 1. The molecule has 0 N–H and O–H groups in total. The summed E-state index contributed by atoms with van der Waals surface area (Å²) < 4.78 is 1.92. The van der Waals surface area contributed by atoms with E-state index in [4.69, 9.17) is 0 Å². The van der Waals surface area contributed by atoms with Gasteiger partial charge in [-0.25, -0.2) is 9.97 Å². The van der Waals surface area contributed by atoms with Gasteiger partial charge in [-0.2, -0.15) is 0 Å². The van der Waals surface area contributed by atoms with E-state index in [0.29, 0.717) is 0 Å². The largest absolute Gasteiger partial charge is 0.302 e. The predicted molar refractivity (Wildman–Crippen MR) is 49.2 cm³/mol. The molecule has 0 unspecified atom stereocenters. The standard InChI is InChI=1S/C6H8IN3/c1-5-8-4-3-6(9-5)10(2)7/h3-4H,1-2H3. The number of aromatic nitrogens is 2. The highest BCUT2D eigenvalue weighted by Gasteiger charge is 1.96. The van der Waals surface area contributed by atoms with E-state index in [1.807, 2.05) is 23.2 Å². The van der Waals surface area contributed by atoms with Crippen molar-refractivity contribution in [1.29, 1.82) is 0 Å². The smallest absolute Gasteiger partial charge is 0.140 e. The molecule has 0 fully saturated rings. The normalized spacial score (nSPS) is 9.50. The highest BCUT2D eigenvalue weighted by Crippen LogP contribution is 2.10. The number of anilines is 1. The van der Waals surface area contributed by atoms with Crippen molar-refractivity contribution in [3.8, 4) is 0 Å². The van der Waals surface area contributed by atoms with Crippen LogP contribution in [0.1, 0.15) is 5.82 Å². The fourth-order valence-electron chi connectivity index (χ4n) is 0.615. The molecule has 1 aromatic rings. The Morgan fingerprint density at radius 3 is 2.70 bits per heavy atom. The van der Waals surface area contributed by atoms with Crippen molar-refractivity contribution in [2.45, 2.75) is 6.92 Å². The Bertz CT molecular complexity index is 224. The summed E-state index contributed by atoms with van der Waals surface area (Å²) in [5, 5.41) is 0. The average molecular weight is 249 g/mol. The molecule has 0 radical (unpaired) electrons. The van der Waals surface area contributed by atoms with Gasteiger partial charge in [0.2, 0.25) is 0 Å². The molecule has 0 spiro atoms. The van der Waals surface area contributed by atoms with Gasteiger partial charge in [0.1, 0.15) is 11.6 Å². The molecule has 54 valence electrons. The molecule has 0 saturated heterocycles. The predicted octanol–water partition coefficient (Wildman–Crippen LogP) is 1.57. The number of nitrogens with zero attached hydrogens (tertiary/aromatic N) is 3. The molecule has 0 aliphatic heterocycles. The summed E-state index contributed by atoms with van der Waals surface area (Å²) in [6.45, 7) is 1.88. The van der Waals surface area contributed by atoms with E-state index in [0.717, 1.165) is 11.6 Å². The van der Waals surface area contributed by atoms with E-state index >= 15 is 0 Å². The Hall–Kier alpha value is -0.390. The lowest BCUT2D eigenvalue weighted by Gasteiger charge is -2.07. The van der Waals surface area contributed by atoms with Crippen LogP contribution in [0.3, 0.4) is 0 Å². The van der Waals surface area contributed by atoms with Crippen LogP contribution < -0.4 is 3.11 Å². The molecular weight excluding hydrogens is 241 g/mol. The van der Waals surface area contributed by atoms with Crippen LogP contribution in [0, 0.1) is 6.92 Å². The molecule has 1 heterocycles. The molecule has 0 amide bonds. The summed E-state index contributed by atoms with van der Waals surface area (Å²) in [7, 11) is 1.95. The summed E-state index contributed by atoms with van der Waals surface area (Å²) in [5.74, 6) is 1.74. The third-order valence-electron chi connectivity index (χ3n) is 1.08. The molecular formula is C6H8IN3. The monoisotopic (exact) mass is 249 g/mol. The van der Waals surface area contributed by atoms with Gasteiger partial charge in [0, 0.05) is 13.2 Å². The molecule has 3 nitrogen and oxygen atoms in total.